The summed E-state index contributed by atoms with van der Waals surface area (Å²) in [5.41, 5.74) is 7.38. The fourth-order valence-electron chi connectivity index (χ4n) is 1.77. The zero-order valence-electron chi connectivity index (χ0n) is 7.61. The number of hydrogen-bond acceptors (Lipinski definition) is 2. The molecule has 2 rings (SSSR count). The Bertz CT molecular complexity index is 277. The predicted molar refractivity (Wildman–Crippen MR) is 58.0 cm³/mol. The quantitative estimate of drug-likeness (QED) is 0.694. The van der Waals surface area contributed by atoms with Crippen molar-refractivity contribution < 1.29 is 0 Å². The van der Waals surface area contributed by atoms with Gasteiger partial charge in [-0.05, 0) is 36.5 Å². The summed E-state index contributed by atoms with van der Waals surface area (Å²) in [5, 5.41) is 0. The molecule has 1 saturated carbocycles. The minimum absolute atomic E-state index is 0.239. The van der Waals surface area contributed by atoms with Crippen LogP contribution < -0.4 is 5.73 Å². The van der Waals surface area contributed by atoms with E-state index in [1.165, 1.54) is 24.8 Å². The summed E-state index contributed by atoms with van der Waals surface area (Å²) in [6, 6.07) is 8.44. The van der Waals surface area contributed by atoms with Crippen molar-refractivity contribution >= 4 is 12.6 Å². The largest absolute Gasteiger partial charge is 0.324 e. The van der Waals surface area contributed by atoms with Crippen LogP contribution in [0, 0.1) is 5.92 Å². The van der Waals surface area contributed by atoms with Crippen molar-refractivity contribution in [3.8, 4) is 0 Å². The lowest BCUT2D eigenvalue weighted by Crippen LogP contribution is -2.26. The van der Waals surface area contributed by atoms with Gasteiger partial charge in [0.05, 0.1) is 0 Å². The van der Waals surface area contributed by atoms with Crippen LogP contribution in [0.5, 0.6) is 0 Å². The van der Waals surface area contributed by atoms with E-state index in [1.54, 1.807) is 0 Å². The van der Waals surface area contributed by atoms with Crippen molar-refractivity contribution in [2.75, 3.05) is 0 Å². The van der Waals surface area contributed by atoms with Crippen molar-refractivity contribution in [1.29, 1.82) is 0 Å². The van der Waals surface area contributed by atoms with E-state index >= 15 is 0 Å². The Kier molecular flexibility index (Phi) is 2.61. The standard InChI is InChI=1S/C11H15NS/c12-11(8-2-1-3-8)9-4-6-10(13)7-5-9/h4-8,11,13H,1-3,12H2. The van der Waals surface area contributed by atoms with Gasteiger partial charge in [-0.25, -0.2) is 0 Å². The second-order valence-electron chi connectivity index (χ2n) is 3.81. The lowest BCUT2D eigenvalue weighted by Gasteiger charge is -2.31. The van der Waals surface area contributed by atoms with E-state index in [9.17, 15) is 0 Å². The third-order valence-electron chi connectivity index (χ3n) is 2.94. The molecule has 1 unspecified atom stereocenters. The average molecular weight is 193 g/mol. The molecule has 2 N–H and O–H groups in total. The smallest absolute Gasteiger partial charge is 0.0323 e. The molecule has 1 atom stereocenters. The first-order chi connectivity index (χ1) is 6.27. The van der Waals surface area contributed by atoms with Gasteiger partial charge < -0.3 is 5.73 Å². The maximum Gasteiger partial charge on any atom is 0.0323 e. The lowest BCUT2D eigenvalue weighted by atomic mass is 9.78. The molecule has 0 saturated heterocycles. The number of nitrogens with two attached hydrogens (primary N) is 1. The fourth-order valence-corrected chi connectivity index (χ4v) is 1.92. The Balaban J connectivity index is 2.10. The van der Waals surface area contributed by atoms with Crippen LogP contribution in [0.15, 0.2) is 29.2 Å². The molecule has 0 amide bonds. The summed E-state index contributed by atoms with van der Waals surface area (Å²) < 4.78 is 0. The highest BCUT2D eigenvalue weighted by atomic mass is 32.1. The van der Waals surface area contributed by atoms with E-state index in [0.717, 1.165) is 4.90 Å². The average Bonchev–Trinajstić information content (AvgIpc) is 2.02. The number of thiol groups is 1. The molecule has 0 bridgehead atoms. The summed E-state index contributed by atoms with van der Waals surface area (Å²) >= 11 is 4.25. The van der Waals surface area contributed by atoms with E-state index in [1.807, 2.05) is 12.1 Å². The maximum atomic E-state index is 6.13. The summed E-state index contributed by atoms with van der Waals surface area (Å²) in [4.78, 5) is 1.00. The fraction of sp³-hybridized carbons (Fsp3) is 0.455. The van der Waals surface area contributed by atoms with Crippen molar-refractivity contribution in [3.05, 3.63) is 29.8 Å². The normalized spacial score (nSPS) is 19.5. The van der Waals surface area contributed by atoms with E-state index in [2.05, 4.69) is 24.8 Å². The highest BCUT2D eigenvalue weighted by Crippen LogP contribution is 2.36. The van der Waals surface area contributed by atoms with E-state index in [0.29, 0.717) is 5.92 Å². The van der Waals surface area contributed by atoms with Crippen LogP contribution in [-0.4, -0.2) is 0 Å². The SMILES string of the molecule is NC(c1ccc(S)cc1)C1CCC1. The van der Waals surface area contributed by atoms with Crippen molar-refractivity contribution in [3.63, 3.8) is 0 Å². The van der Waals surface area contributed by atoms with Crippen molar-refractivity contribution in [1.82, 2.24) is 0 Å². The van der Waals surface area contributed by atoms with Crippen molar-refractivity contribution in [2.45, 2.75) is 30.2 Å². The second kappa shape index (κ2) is 3.72. The molecule has 13 heavy (non-hydrogen) atoms. The predicted octanol–water partition coefficient (Wildman–Crippen LogP) is 2.78. The molecule has 1 nitrogen and oxygen atoms in total. The van der Waals surface area contributed by atoms with E-state index in [4.69, 9.17) is 5.73 Å². The topological polar surface area (TPSA) is 26.0 Å². The third kappa shape index (κ3) is 1.89. The third-order valence-corrected chi connectivity index (χ3v) is 3.23. The molecule has 2 heteroatoms. The molecule has 0 aliphatic heterocycles. The van der Waals surface area contributed by atoms with Gasteiger partial charge in [-0.3, -0.25) is 0 Å². The molecule has 1 aliphatic rings. The number of rotatable bonds is 2. The molecule has 1 aliphatic carbocycles. The van der Waals surface area contributed by atoms with Crippen LogP contribution in [0.25, 0.3) is 0 Å². The van der Waals surface area contributed by atoms with E-state index in [-0.39, 0.29) is 6.04 Å². The van der Waals surface area contributed by atoms with Gasteiger partial charge >= 0.3 is 0 Å². The zero-order chi connectivity index (χ0) is 9.26. The van der Waals surface area contributed by atoms with Crippen molar-refractivity contribution in [2.24, 2.45) is 11.7 Å². The Labute approximate surface area is 84.7 Å². The molecule has 1 fully saturated rings. The molecule has 1 aromatic carbocycles. The molecule has 0 aromatic heterocycles. The van der Waals surface area contributed by atoms with Gasteiger partial charge in [0.15, 0.2) is 0 Å². The minimum Gasteiger partial charge on any atom is -0.324 e. The summed E-state index contributed by atoms with van der Waals surface area (Å²) in [7, 11) is 0. The monoisotopic (exact) mass is 193 g/mol. The molecular formula is C11H15NS. The Morgan fingerprint density at radius 3 is 2.31 bits per heavy atom. The molecule has 0 radical (unpaired) electrons. The maximum absolute atomic E-state index is 6.13. The zero-order valence-corrected chi connectivity index (χ0v) is 8.50. The van der Waals surface area contributed by atoms with Crippen LogP contribution >= 0.6 is 12.6 Å². The first-order valence-electron chi connectivity index (χ1n) is 4.82. The molecule has 0 heterocycles. The summed E-state index contributed by atoms with van der Waals surface area (Å²) in [6.45, 7) is 0. The number of hydrogen-bond donors (Lipinski definition) is 2. The lowest BCUT2D eigenvalue weighted by molar-refractivity contribution is 0.264. The number of benzene rings is 1. The Morgan fingerprint density at radius 1 is 1.23 bits per heavy atom. The molecular weight excluding hydrogens is 178 g/mol. The highest BCUT2D eigenvalue weighted by molar-refractivity contribution is 7.80. The van der Waals surface area contributed by atoms with Gasteiger partial charge in [-0.15, -0.1) is 12.6 Å². The molecule has 0 spiro atoms. The van der Waals surface area contributed by atoms with Crippen LogP contribution in [0.1, 0.15) is 30.9 Å². The Morgan fingerprint density at radius 2 is 1.85 bits per heavy atom. The van der Waals surface area contributed by atoms with Gasteiger partial charge in [0.25, 0.3) is 0 Å². The highest BCUT2D eigenvalue weighted by Gasteiger charge is 2.25. The first kappa shape index (κ1) is 9.10. The second-order valence-corrected chi connectivity index (χ2v) is 4.32. The van der Waals surface area contributed by atoms with Gasteiger partial charge in [-0.1, -0.05) is 18.6 Å². The summed E-state index contributed by atoms with van der Waals surface area (Å²) in [5.74, 6) is 0.714. The van der Waals surface area contributed by atoms with Crippen LogP contribution in [0.3, 0.4) is 0 Å². The van der Waals surface area contributed by atoms with E-state index < -0.39 is 0 Å². The van der Waals surface area contributed by atoms with Gasteiger partial charge in [0.1, 0.15) is 0 Å². The van der Waals surface area contributed by atoms with Crippen LogP contribution in [0.2, 0.25) is 0 Å². The first-order valence-corrected chi connectivity index (χ1v) is 5.26. The minimum atomic E-state index is 0.239. The summed E-state index contributed by atoms with van der Waals surface area (Å²) in [6.07, 6.45) is 3.94. The molecule has 1 aromatic rings. The van der Waals surface area contributed by atoms with Gasteiger partial charge in [-0.2, -0.15) is 0 Å². The Hall–Kier alpha value is -0.470. The van der Waals surface area contributed by atoms with Gasteiger partial charge in [0.2, 0.25) is 0 Å². The van der Waals surface area contributed by atoms with Gasteiger partial charge in [0, 0.05) is 10.9 Å². The van der Waals surface area contributed by atoms with Crippen LogP contribution in [-0.2, 0) is 0 Å². The molecule has 70 valence electrons. The van der Waals surface area contributed by atoms with Crippen LogP contribution in [0.4, 0.5) is 0 Å².